The molecule has 1 aromatic heterocycles. The number of nitrogens with zero attached hydrogens (tertiary/aromatic N) is 2. The second-order valence-electron chi connectivity index (χ2n) is 5.01. The fraction of sp³-hybridized carbons (Fsp3) is 0.118. The Morgan fingerprint density at radius 2 is 2.00 bits per heavy atom. The van der Waals surface area contributed by atoms with Crippen LogP contribution in [-0.2, 0) is 6.54 Å². The van der Waals surface area contributed by atoms with E-state index in [1.54, 1.807) is 0 Å². The van der Waals surface area contributed by atoms with E-state index in [-0.39, 0.29) is 0 Å². The quantitative estimate of drug-likeness (QED) is 0.718. The lowest BCUT2D eigenvalue weighted by Crippen LogP contribution is -2.00. The number of hydrogen-bond donors (Lipinski definition) is 1. The van der Waals surface area contributed by atoms with E-state index in [9.17, 15) is 0 Å². The molecule has 2 aromatic carbocycles. The Hall–Kier alpha value is -2.73. The van der Waals surface area contributed by atoms with Crippen molar-refractivity contribution < 1.29 is 0 Å². The molecule has 0 unspecified atom stereocenters. The van der Waals surface area contributed by atoms with Crippen molar-refractivity contribution in [3.8, 4) is 6.07 Å². The van der Waals surface area contributed by atoms with Crippen LogP contribution < -0.4 is 5.73 Å². The van der Waals surface area contributed by atoms with Crippen LogP contribution in [0.3, 0.4) is 0 Å². The second-order valence-corrected chi connectivity index (χ2v) is 5.01. The Labute approximate surface area is 117 Å². The van der Waals surface area contributed by atoms with E-state index < -0.39 is 0 Å². The Morgan fingerprint density at radius 3 is 2.75 bits per heavy atom. The van der Waals surface area contributed by atoms with Gasteiger partial charge in [-0.05, 0) is 53.8 Å². The van der Waals surface area contributed by atoms with Crippen LogP contribution in [0.25, 0.3) is 10.9 Å². The van der Waals surface area contributed by atoms with Gasteiger partial charge in [-0.15, -0.1) is 0 Å². The molecule has 0 bridgehead atoms. The lowest BCUT2D eigenvalue weighted by molar-refractivity contribution is 0.830. The third-order valence-corrected chi connectivity index (χ3v) is 3.61. The fourth-order valence-electron chi connectivity index (χ4n) is 2.47. The number of aryl methyl sites for hydroxylation is 1. The summed E-state index contributed by atoms with van der Waals surface area (Å²) in [6.07, 6.45) is 2.07. The van der Waals surface area contributed by atoms with Crippen molar-refractivity contribution in [3.63, 3.8) is 0 Å². The smallest absolute Gasteiger partial charge is 0.0991 e. The fourth-order valence-corrected chi connectivity index (χ4v) is 2.47. The zero-order chi connectivity index (χ0) is 14.1. The largest absolute Gasteiger partial charge is 0.399 e. The minimum atomic E-state index is 0.702. The van der Waals surface area contributed by atoms with Crippen molar-refractivity contribution in [2.45, 2.75) is 13.5 Å². The van der Waals surface area contributed by atoms with Crippen LogP contribution in [0.2, 0.25) is 0 Å². The van der Waals surface area contributed by atoms with E-state index in [0.29, 0.717) is 5.56 Å². The number of anilines is 1. The molecule has 0 aliphatic rings. The third kappa shape index (κ3) is 2.12. The molecule has 3 rings (SSSR count). The normalized spacial score (nSPS) is 10.6. The van der Waals surface area contributed by atoms with Crippen LogP contribution in [0.1, 0.15) is 16.7 Å². The number of aromatic nitrogens is 1. The number of nitrogens with two attached hydrogens (primary N) is 1. The maximum Gasteiger partial charge on any atom is 0.0991 e. The van der Waals surface area contributed by atoms with E-state index in [2.05, 4.69) is 22.9 Å². The van der Waals surface area contributed by atoms with E-state index in [1.807, 2.05) is 43.3 Å². The van der Waals surface area contributed by atoms with Crippen molar-refractivity contribution in [1.82, 2.24) is 4.57 Å². The van der Waals surface area contributed by atoms with Gasteiger partial charge in [-0.2, -0.15) is 5.26 Å². The molecule has 0 aliphatic carbocycles. The van der Waals surface area contributed by atoms with Gasteiger partial charge in [0.1, 0.15) is 0 Å². The summed E-state index contributed by atoms with van der Waals surface area (Å²) in [4.78, 5) is 0. The van der Waals surface area contributed by atoms with Gasteiger partial charge in [0.25, 0.3) is 0 Å². The van der Waals surface area contributed by atoms with Gasteiger partial charge in [-0.25, -0.2) is 0 Å². The summed E-state index contributed by atoms with van der Waals surface area (Å²) in [5.74, 6) is 0. The van der Waals surface area contributed by atoms with Crippen molar-refractivity contribution in [3.05, 3.63) is 65.4 Å². The van der Waals surface area contributed by atoms with Crippen LogP contribution >= 0.6 is 0 Å². The predicted molar refractivity (Wildman–Crippen MR) is 81.3 cm³/mol. The monoisotopic (exact) mass is 261 g/mol. The summed E-state index contributed by atoms with van der Waals surface area (Å²) in [6, 6.07) is 16.0. The highest BCUT2D eigenvalue weighted by molar-refractivity contribution is 5.83. The van der Waals surface area contributed by atoms with Gasteiger partial charge < -0.3 is 10.3 Å². The molecule has 0 spiro atoms. The maximum atomic E-state index is 8.91. The first kappa shape index (κ1) is 12.3. The molecule has 98 valence electrons. The first-order chi connectivity index (χ1) is 9.67. The summed E-state index contributed by atoms with van der Waals surface area (Å²) in [6.45, 7) is 2.82. The molecule has 0 radical (unpaired) electrons. The zero-order valence-electron chi connectivity index (χ0n) is 11.3. The van der Waals surface area contributed by atoms with Crippen molar-refractivity contribution >= 4 is 16.6 Å². The number of nitriles is 1. The molecular formula is C17H15N3. The number of hydrogen-bond acceptors (Lipinski definition) is 2. The molecule has 0 fully saturated rings. The minimum absolute atomic E-state index is 0.702. The van der Waals surface area contributed by atoms with Gasteiger partial charge in [-0.1, -0.05) is 12.1 Å². The standard InChI is InChI=1S/C17H15N3/c1-12-8-13(10-18)2-3-15(12)11-20-7-6-14-4-5-16(19)9-17(14)20/h2-9H,11,19H2,1H3. The summed E-state index contributed by atoms with van der Waals surface area (Å²) in [7, 11) is 0. The lowest BCUT2D eigenvalue weighted by atomic mass is 10.1. The van der Waals surface area contributed by atoms with Gasteiger partial charge in [0.15, 0.2) is 0 Å². The molecule has 1 heterocycles. The number of nitrogen functional groups attached to an aromatic ring is 1. The lowest BCUT2D eigenvalue weighted by Gasteiger charge is -2.09. The van der Waals surface area contributed by atoms with Gasteiger partial charge in [-0.3, -0.25) is 0 Å². The highest BCUT2D eigenvalue weighted by Crippen LogP contribution is 2.21. The topological polar surface area (TPSA) is 54.7 Å². The molecule has 0 amide bonds. The molecule has 20 heavy (non-hydrogen) atoms. The number of rotatable bonds is 2. The Kier molecular flexibility index (Phi) is 2.92. The van der Waals surface area contributed by atoms with Crippen LogP contribution in [0.15, 0.2) is 48.7 Å². The van der Waals surface area contributed by atoms with Crippen molar-refractivity contribution in [2.24, 2.45) is 0 Å². The van der Waals surface area contributed by atoms with Gasteiger partial charge >= 0.3 is 0 Å². The average molecular weight is 261 g/mol. The molecule has 0 atom stereocenters. The van der Waals surface area contributed by atoms with E-state index in [1.165, 1.54) is 10.9 Å². The first-order valence-electron chi connectivity index (χ1n) is 6.51. The third-order valence-electron chi connectivity index (χ3n) is 3.61. The molecule has 0 saturated carbocycles. The van der Waals surface area contributed by atoms with Crippen molar-refractivity contribution in [1.29, 1.82) is 5.26 Å². The van der Waals surface area contributed by atoms with E-state index in [0.717, 1.165) is 23.3 Å². The predicted octanol–water partition coefficient (Wildman–Crippen LogP) is 3.45. The summed E-state index contributed by atoms with van der Waals surface area (Å²) < 4.78 is 2.18. The molecule has 3 heteroatoms. The van der Waals surface area contributed by atoms with E-state index >= 15 is 0 Å². The summed E-state index contributed by atoms with van der Waals surface area (Å²) in [5.41, 5.74) is 10.8. The second kappa shape index (κ2) is 4.75. The van der Waals surface area contributed by atoms with Gasteiger partial charge in [0.2, 0.25) is 0 Å². The SMILES string of the molecule is Cc1cc(C#N)ccc1Cn1ccc2ccc(N)cc21. The number of fused-ring (bicyclic) bond motifs is 1. The molecule has 3 nitrogen and oxygen atoms in total. The van der Waals surface area contributed by atoms with Gasteiger partial charge in [0, 0.05) is 18.4 Å². The molecular weight excluding hydrogens is 246 g/mol. The molecule has 3 aromatic rings. The summed E-state index contributed by atoms with van der Waals surface area (Å²) >= 11 is 0. The minimum Gasteiger partial charge on any atom is -0.399 e. The molecule has 2 N–H and O–H groups in total. The number of benzene rings is 2. The highest BCUT2D eigenvalue weighted by atomic mass is 15.0. The Balaban J connectivity index is 2.01. The summed E-state index contributed by atoms with van der Waals surface area (Å²) in [5, 5.41) is 10.1. The highest BCUT2D eigenvalue weighted by Gasteiger charge is 2.05. The Morgan fingerprint density at radius 1 is 1.15 bits per heavy atom. The first-order valence-corrected chi connectivity index (χ1v) is 6.51. The van der Waals surface area contributed by atoms with Crippen LogP contribution in [-0.4, -0.2) is 4.57 Å². The van der Waals surface area contributed by atoms with Crippen LogP contribution in [0.4, 0.5) is 5.69 Å². The Bertz CT molecular complexity index is 822. The molecule has 0 saturated heterocycles. The van der Waals surface area contributed by atoms with Crippen molar-refractivity contribution in [2.75, 3.05) is 5.73 Å². The van der Waals surface area contributed by atoms with Gasteiger partial charge in [0.05, 0.1) is 17.1 Å². The molecule has 0 aliphatic heterocycles. The van der Waals surface area contributed by atoms with Crippen LogP contribution in [0, 0.1) is 18.3 Å². The van der Waals surface area contributed by atoms with E-state index in [4.69, 9.17) is 11.0 Å². The zero-order valence-corrected chi connectivity index (χ0v) is 11.3. The van der Waals surface area contributed by atoms with Crippen LogP contribution in [0.5, 0.6) is 0 Å². The maximum absolute atomic E-state index is 8.91. The average Bonchev–Trinajstić information content (AvgIpc) is 2.83.